The molecular formula is C29H50N3O14P. The van der Waals surface area contributed by atoms with Crippen molar-refractivity contribution in [3.63, 3.8) is 0 Å². The first-order valence-electron chi connectivity index (χ1n) is 15.7. The van der Waals surface area contributed by atoms with Crippen molar-refractivity contribution in [2.24, 2.45) is 17.6 Å². The van der Waals surface area contributed by atoms with Crippen molar-refractivity contribution < 1.29 is 68.0 Å². The van der Waals surface area contributed by atoms with Gasteiger partial charge in [-0.25, -0.2) is 4.79 Å². The first kappa shape index (κ1) is 43.6. The highest BCUT2D eigenvalue weighted by molar-refractivity contribution is 7.52. The van der Waals surface area contributed by atoms with Gasteiger partial charge >= 0.3 is 31.5 Å². The van der Waals surface area contributed by atoms with Crippen LogP contribution in [0.4, 0.5) is 0 Å². The quantitative estimate of drug-likeness (QED) is 0.0392. The molecule has 2 amide bonds. The van der Waals surface area contributed by atoms with E-state index in [1.165, 1.54) is 0 Å². The molecule has 0 aliphatic heterocycles. The number of nitrogens with one attached hydrogen (secondary N) is 2. The van der Waals surface area contributed by atoms with Crippen LogP contribution in [-0.2, 0) is 42.7 Å². The Bertz CT molecular complexity index is 1090. The Morgan fingerprint density at radius 2 is 1.30 bits per heavy atom. The van der Waals surface area contributed by atoms with Crippen LogP contribution in [0.3, 0.4) is 0 Å². The van der Waals surface area contributed by atoms with E-state index in [0.717, 1.165) is 19.3 Å². The Morgan fingerprint density at radius 3 is 1.89 bits per heavy atom. The first-order chi connectivity index (χ1) is 22.1. The van der Waals surface area contributed by atoms with Gasteiger partial charge in [0.15, 0.2) is 0 Å². The number of aliphatic carboxylic acids is 4. The second-order valence-electron chi connectivity index (χ2n) is 11.3. The van der Waals surface area contributed by atoms with Gasteiger partial charge in [-0.1, -0.05) is 12.8 Å². The molecule has 0 heterocycles. The standard InChI is InChI=1S/C29H50N3O14P/c30-15-5-1-4-10-24(34)31-16-6-2-3-8-22(33)18-20(27(38)39)11-13-25(35)32-23(29(42)43)9-7-17-46-47(44,45)19-21(28(40)41)12-14-26(36)37/h20-21,23H,1-19,30H2,(H,31,34)(H,32,35)(H,36,37)(H,38,39)(H,40,41)(H,42,43)(H,44,45)/t20-,21-,23+/m1/s1. The van der Waals surface area contributed by atoms with Gasteiger partial charge in [0.1, 0.15) is 11.8 Å². The fourth-order valence-electron chi connectivity index (χ4n) is 4.48. The van der Waals surface area contributed by atoms with Crippen LogP contribution in [0, 0.1) is 11.8 Å². The van der Waals surface area contributed by atoms with Crippen molar-refractivity contribution in [3.8, 4) is 0 Å². The van der Waals surface area contributed by atoms with E-state index in [1.54, 1.807) is 0 Å². The van der Waals surface area contributed by atoms with Crippen molar-refractivity contribution >= 4 is 49.1 Å². The molecule has 0 spiro atoms. The van der Waals surface area contributed by atoms with E-state index >= 15 is 0 Å². The number of nitrogens with two attached hydrogens (primary N) is 1. The van der Waals surface area contributed by atoms with E-state index in [9.17, 15) is 53.2 Å². The summed E-state index contributed by atoms with van der Waals surface area (Å²) < 4.78 is 17.1. The fourth-order valence-corrected chi connectivity index (χ4v) is 5.90. The van der Waals surface area contributed by atoms with Crippen molar-refractivity contribution in [1.82, 2.24) is 10.6 Å². The summed E-state index contributed by atoms with van der Waals surface area (Å²) in [5.74, 6) is -9.11. The molecule has 0 aromatic heterocycles. The van der Waals surface area contributed by atoms with Crippen LogP contribution < -0.4 is 16.4 Å². The van der Waals surface area contributed by atoms with Crippen LogP contribution in [0.25, 0.3) is 0 Å². The van der Waals surface area contributed by atoms with E-state index in [2.05, 4.69) is 10.6 Å². The van der Waals surface area contributed by atoms with Gasteiger partial charge in [-0.05, 0) is 57.9 Å². The topological polar surface area (TPSA) is 297 Å². The summed E-state index contributed by atoms with van der Waals surface area (Å²) in [6, 6.07) is -1.43. The van der Waals surface area contributed by atoms with Gasteiger partial charge < -0.3 is 46.2 Å². The normalized spacial score (nSPS) is 14.3. The van der Waals surface area contributed by atoms with Gasteiger partial charge in [-0.2, -0.15) is 0 Å². The maximum Gasteiger partial charge on any atom is 0.328 e. The third kappa shape index (κ3) is 23.6. The molecule has 0 saturated heterocycles. The number of carbonyl (C=O) groups excluding carboxylic acids is 3. The molecule has 1 unspecified atom stereocenters. The van der Waals surface area contributed by atoms with Gasteiger partial charge in [0, 0.05) is 38.6 Å². The Kier molecular flexibility index (Phi) is 22.9. The number of hydrogen-bond donors (Lipinski definition) is 8. The highest BCUT2D eigenvalue weighted by Crippen LogP contribution is 2.44. The molecule has 0 bridgehead atoms. The molecule has 0 fully saturated rings. The summed E-state index contributed by atoms with van der Waals surface area (Å²) in [4.78, 5) is 91.5. The molecular weight excluding hydrogens is 645 g/mol. The first-order valence-corrected chi connectivity index (χ1v) is 17.5. The number of carboxylic acids is 4. The highest BCUT2D eigenvalue weighted by atomic mass is 31.2. The van der Waals surface area contributed by atoms with Gasteiger partial charge in [0.2, 0.25) is 11.8 Å². The SMILES string of the molecule is NCCCCCC(=O)NCCCCCC(=O)C[C@@H](CCC(=O)N[C@@H](CCCOP(=O)(O)C[C@@H](CCC(=O)O)C(=O)O)C(=O)O)C(=O)O. The van der Waals surface area contributed by atoms with E-state index in [0.29, 0.717) is 38.8 Å². The lowest BCUT2D eigenvalue weighted by atomic mass is 9.94. The molecule has 270 valence electrons. The van der Waals surface area contributed by atoms with Gasteiger partial charge in [0.05, 0.1) is 24.6 Å². The lowest BCUT2D eigenvalue weighted by molar-refractivity contribution is -0.145. The Morgan fingerprint density at radius 1 is 0.681 bits per heavy atom. The van der Waals surface area contributed by atoms with Crippen molar-refractivity contribution in [1.29, 1.82) is 0 Å². The van der Waals surface area contributed by atoms with Crippen LogP contribution in [0.2, 0.25) is 0 Å². The molecule has 0 radical (unpaired) electrons. The van der Waals surface area contributed by atoms with Crippen LogP contribution in [0.1, 0.15) is 96.3 Å². The van der Waals surface area contributed by atoms with Gasteiger partial charge in [-0.15, -0.1) is 0 Å². The number of unbranched alkanes of at least 4 members (excludes halogenated alkanes) is 4. The van der Waals surface area contributed by atoms with Gasteiger partial charge in [-0.3, -0.25) is 33.3 Å². The van der Waals surface area contributed by atoms with E-state index in [4.69, 9.17) is 20.5 Å². The zero-order valence-electron chi connectivity index (χ0n) is 26.6. The second kappa shape index (κ2) is 24.7. The smallest absolute Gasteiger partial charge is 0.328 e. The Labute approximate surface area is 273 Å². The molecule has 47 heavy (non-hydrogen) atoms. The predicted molar refractivity (Wildman–Crippen MR) is 166 cm³/mol. The van der Waals surface area contributed by atoms with Crippen LogP contribution in [-0.4, -0.2) is 98.7 Å². The number of Topliss-reactive ketones (excluding diaryl/α,β-unsaturated/α-hetero) is 1. The maximum atomic E-state index is 12.4. The number of carbonyl (C=O) groups is 7. The number of hydrogen-bond acceptors (Lipinski definition) is 10. The molecule has 9 N–H and O–H groups in total. The second-order valence-corrected chi connectivity index (χ2v) is 13.2. The summed E-state index contributed by atoms with van der Waals surface area (Å²) in [5.41, 5.74) is 5.41. The monoisotopic (exact) mass is 695 g/mol. The molecule has 0 aliphatic rings. The van der Waals surface area contributed by atoms with Crippen molar-refractivity contribution in [2.45, 2.75) is 102 Å². The largest absolute Gasteiger partial charge is 0.481 e. The minimum atomic E-state index is -4.45. The molecule has 18 heteroatoms. The van der Waals surface area contributed by atoms with Gasteiger partial charge in [0.25, 0.3) is 0 Å². The van der Waals surface area contributed by atoms with Crippen LogP contribution >= 0.6 is 7.60 Å². The summed E-state index contributed by atoms with van der Waals surface area (Å²) in [5, 5.41) is 41.8. The average molecular weight is 696 g/mol. The van der Waals surface area contributed by atoms with Crippen molar-refractivity contribution in [3.05, 3.63) is 0 Å². The summed E-state index contributed by atoms with van der Waals surface area (Å²) >= 11 is 0. The molecule has 0 aliphatic carbocycles. The van der Waals surface area contributed by atoms with Crippen LogP contribution in [0.15, 0.2) is 0 Å². The summed E-state index contributed by atoms with van der Waals surface area (Å²) in [7, 11) is -4.45. The third-order valence-electron chi connectivity index (χ3n) is 7.18. The number of amides is 2. The lowest BCUT2D eigenvalue weighted by Crippen LogP contribution is -2.41. The van der Waals surface area contributed by atoms with Crippen molar-refractivity contribution in [2.75, 3.05) is 25.9 Å². The number of ketones is 1. The Hall–Kier alpha value is -3.40. The molecule has 0 aromatic rings. The maximum absolute atomic E-state index is 12.4. The van der Waals surface area contributed by atoms with E-state index < -0.39 is 74.4 Å². The predicted octanol–water partition coefficient (Wildman–Crippen LogP) is 1.74. The molecule has 0 saturated carbocycles. The molecule has 0 aromatic carbocycles. The lowest BCUT2D eigenvalue weighted by Gasteiger charge is -2.18. The molecule has 4 atom stereocenters. The summed E-state index contributed by atoms with van der Waals surface area (Å²) in [6.07, 6.45) is 2.00. The van der Waals surface area contributed by atoms with Crippen LogP contribution in [0.5, 0.6) is 0 Å². The molecule has 0 rings (SSSR count). The third-order valence-corrected chi connectivity index (χ3v) is 8.66. The zero-order valence-corrected chi connectivity index (χ0v) is 27.5. The van der Waals surface area contributed by atoms with E-state index in [1.807, 2.05) is 0 Å². The average Bonchev–Trinajstić information content (AvgIpc) is 2.98. The fraction of sp³-hybridized carbons (Fsp3) is 0.759. The van der Waals surface area contributed by atoms with E-state index in [-0.39, 0.29) is 56.6 Å². The molecule has 17 nitrogen and oxygen atoms in total. The summed E-state index contributed by atoms with van der Waals surface area (Å²) in [6.45, 7) is 0.622. The minimum Gasteiger partial charge on any atom is -0.481 e. The number of rotatable bonds is 30. The minimum absolute atomic E-state index is 0.0381. The Balaban J connectivity index is 4.50. The number of carboxylic acid groups (broad SMARTS) is 4. The zero-order chi connectivity index (χ0) is 35.8. The highest BCUT2D eigenvalue weighted by Gasteiger charge is 2.31.